The van der Waals surface area contributed by atoms with E-state index in [9.17, 15) is 9.18 Å². The molecule has 0 aliphatic carbocycles. The molecule has 0 bridgehead atoms. The second-order valence-corrected chi connectivity index (χ2v) is 5.00. The van der Waals surface area contributed by atoms with Gasteiger partial charge in [0, 0.05) is 10.0 Å². The standard InChI is InChI=1S/C14H11BrFNO3/c15-10-2-3-11(16)9(5-10)7-20-13-4-1-8(14(18)19)6-12(13)17/h1-6H,7,17H2,(H,18,19). The van der Waals surface area contributed by atoms with Crippen molar-refractivity contribution in [1.29, 1.82) is 0 Å². The number of ether oxygens (including phenoxy) is 1. The van der Waals surface area contributed by atoms with Gasteiger partial charge in [0.05, 0.1) is 11.3 Å². The van der Waals surface area contributed by atoms with Crippen molar-refractivity contribution in [3.05, 3.63) is 57.8 Å². The van der Waals surface area contributed by atoms with Crippen LogP contribution in [-0.4, -0.2) is 11.1 Å². The molecule has 4 nitrogen and oxygen atoms in total. The Labute approximate surface area is 123 Å². The highest BCUT2D eigenvalue weighted by Crippen LogP contribution is 2.24. The lowest BCUT2D eigenvalue weighted by molar-refractivity contribution is 0.0697. The van der Waals surface area contributed by atoms with Gasteiger partial charge < -0.3 is 15.6 Å². The van der Waals surface area contributed by atoms with E-state index in [4.69, 9.17) is 15.6 Å². The summed E-state index contributed by atoms with van der Waals surface area (Å²) in [5, 5.41) is 8.82. The van der Waals surface area contributed by atoms with Gasteiger partial charge in [0.2, 0.25) is 0 Å². The number of carbonyl (C=O) groups is 1. The molecule has 0 saturated heterocycles. The van der Waals surface area contributed by atoms with Crippen molar-refractivity contribution in [2.24, 2.45) is 0 Å². The number of hydrogen-bond donors (Lipinski definition) is 2. The number of nitrogen functional groups attached to an aromatic ring is 1. The number of carboxylic acids is 1. The first-order valence-corrected chi connectivity index (χ1v) is 6.46. The molecule has 0 radical (unpaired) electrons. The normalized spacial score (nSPS) is 10.3. The summed E-state index contributed by atoms with van der Waals surface area (Å²) in [6.07, 6.45) is 0. The largest absolute Gasteiger partial charge is 0.487 e. The molecule has 0 aliphatic rings. The van der Waals surface area contributed by atoms with Crippen molar-refractivity contribution in [2.45, 2.75) is 6.61 Å². The Kier molecular flexibility index (Phi) is 4.24. The maximum absolute atomic E-state index is 13.5. The van der Waals surface area contributed by atoms with Gasteiger partial charge in [-0.05, 0) is 36.4 Å². The summed E-state index contributed by atoms with van der Waals surface area (Å²) >= 11 is 3.25. The average Bonchev–Trinajstić information content (AvgIpc) is 2.40. The Hall–Kier alpha value is -2.08. The van der Waals surface area contributed by atoms with E-state index in [0.717, 1.165) is 4.47 Å². The average molecular weight is 340 g/mol. The van der Waals surface area contributed by atoms with Crippen LogP contribution in [0.1, 0.15) is 15.9 Å². The van der Waals surface area contributed by atoms with E-state index < -0.39 is 5.97 Å². The van der Waals surface area contributed by atoms with Gasteiger partial charge in [-0.1, -0.05) is 15.9 Å². The lowest BCUT2D eigenvalue weighted by Crippen LogP contribution is -2.03. The van der Waals surface area contributed by atoms with Crippen molar-refractivity contribution in [3.8, 4) is 5.75 Å². The van der Waals surface area contributed by atoms with Crippen LogP contribution in [-0.2, 0) is 6.61 Å². The molecule has 2 aromatic carbocycles. The summed E-state index contributed by atoms with van der Waals surface area (Å²) in [6.45, 7) is 0.00188. The predicted octanol–water partition coefficient (Wildman–Crippen LogP) is 3.45. The molecule has 0 aliphatic heterocycles. The smallest absolute Gasteiger partial charge is 0.335 e. The summed E-state index contributed by atoms with van der Waals surface area (Å²) in [5.41, 5.74) is 6.34. The first-order chi connectivity index (χ1) is 9.47. The first kappa shape index (κ1) is 14.3. The fourth-order valence-corrected chi connectivity index (χ4v) is 2.03. The molecule has 6 heteroatoms. The molecule has 2 aromatic rings. The third-order valence-electron chi connectivity index (χ3n) is 2.65. The fourth-order valence-electron chi connectivity index (χ4n) is 1.62. The first-order valence-electron chi connectivity index (χ1n) is 5.67. The minimum Gasteiger partial charge on any atom is -0.487 e. The van der Waals surface area contributed by atoms with Gasteiger partial charge in [-0.2, -0.15) is 0 Å². The summed E-state index contributed by atoms with van der Waals surface area (Å²) in [6, 6.07) is 8.67. The van der Waals surface area contributed by atoms with Gasteiger partial charge in [0.15, 0.2) is 0 Å². The van der Waals surface area contributed by atoms with Crippen LogP contribution in [0.15, 0.2) is 40.9 Å². The van der Waals surface area contributed by atoms with Crippen molar-refractivity contribution >= 4 is 27.6 Å². The molecule has 0 unspecified atom stereocenters. The number of benzene rings is 2. The highest BCUT2D eigenvalue weighted by Gasteiger charge is 2.09. The molecule has 2 rings (SSSR count). The zero-order chi connectivity index (χ0) is 14.7. The van der Waals surface area contributed by atoms with Gasteiger partial charge >= 0.3 is 5.97 Å². The SMILES string of the molecule is Nc1cc(C(=O)O)ccc1OCc1cc(Br)ccc1F. The monoisotopic (exact) mass is 339 g/mol. The molecule has 0 aromatic heterocycles. The summed E-state index contributed by atoms with van der Waals surface area (Å²) < 4.78 is 19.7. The molecular formula is C14H11BrFNO3. The third-order valence-corrected chi connectivity index (χ3v) is 3.14. The van der Waals surface area contributed by atoms with Gasteiger partial charge in [-0.3, -0.25) is 0 Å². The summed E-state index contributed by atoms with van der Waals surface area (Å²) in [7, 11) is 0. The van der Waals surface area contributed by atoms with E-state index in [2.05, 4.69) is 15.9 Å². The minimum absolute atomic E-state index is 0.00188. The number of carboxylic acid groups (broad SMARTS) is 1. The molecule has 0 heterocycles. The van der Waals surface area contributed by atoms with Crippen LogP contribution in [0.5, 0.6) is 5.75 Å². The topological polar surface area (TPSA) is 72.6 Å². The number of aromatic carboxylic acids is 1. The van der Waals surface area contributed by atoms with Crippen molar-refractivity contribution in [1.82, 2.24) is 0 Å². The Balaban J connectivity index is 2.15. The Morgan fingerprint density at radius 3 is 2.70 bits per heavy atom. The van der Waals surface area contributed by atoms with Crippen molar-refractivity contribution in [2.75, 3.05) is 5.73 Å². The Bertz CT molecular complexity index is 661. The summed E-state index contributed by atoms with van der Waals surface area (Å²) in [5.74, 6) is -1.13. The van der Waals surface area contributed by atoms with E-state index >= 15 is 0 Å². The van der Waals surface area contributed by atoms with Crippen LogP contribution in [0.25, 0.3) is 0 Å². The van der Waals surface area contributed by atoms with Gasteiger partial charge in [-0.25, -0.2) is 9.18 Å². The highest BCUT2D eigenvalue weighted by molar-refractivity contribution is 9.10. The zero-order valence-electron chi connectivity index (χ0n) is 10.3. The van der Waals surface area contributed by atoms with Crippen LogP contribution in [0.3, 0.4) is 0 Å². The van der Waals surface area contributed by atoms with Crippen molar-refractivity contribution in [3.63, 3.8) is 0 Å². The van der Waals surface area contributed by atoms with Crippen LogP contribution >= 0.6 is 15.9 Å². The van der Waals surface area contributed by atoms with Gasteiger partial charge in [0.25, 0.3) is 0 Å². The van der Waals surface area contributed by atoms with Crippen molar-refractivity contribution < 1.29 is 19.0 Å². The lowest BCUT2D eigenvalue weighted by Gasteiger charge is -2.10. The van der Waals surface area contributed by atoms with E-state index in [1.165, 1.54) is 24.3 Å². The number of nitrogens with two attached hydrogens (primary N) is 1. The second-order valence-electron chi connectivity index (χ2n) is 4.08. The molecule has 0 saturated carbocycles. The predicted molar refractivity (Wildman–Crippen MR) is 76.2 cm³/mol. The van der Waals surface area contributed by atoms with E-state index in [1.807, 2.05) is 0 Å². The second kappa shape index (κ2) is 5.92. The molecule has 0 spiro atoms. The lowest BCUT2D eigenvalue weighted by atomic mass is 10.2. The zero-order valence-corrected chi connectivity index (χ0v) is 11.9. The molecule has 20 heavy (non-hydrogen) atoms. The van der Waals surface area contributed by atoms with E-state index in [-0.39, 0.29) is 23.7 Å². The van der Waals surface area contributed by atoms with Crippen LogP contribution in [0.4, 0.5) is 10.1 Å². The fraction of sp³-hybridized carbons (Fsp3) is 0.0714. The van der Waals surface area contributed by atoms with Crippen LogP contribution in [0.2, 0.25) is 0 Å². The van der Waals surface area contributed by atoms with Crippen LogP contribution in [0, 0.1) is 5.82 Å². The highest BCUT2D eigenvalue weighted by atomic mass is 79.9. The van der Waals surface area contributed by atoms with Crippen LogP contribution < -0.4 is 10.5 Å². The minimum atomic E-state index is -1.07. The maximum atomic E-state index is 13.5. The Morgan fingerprint density at radius 1 is 1.30 bits per heavy atom. The van der Waals surface area contributed by atoms with Gasteiger partial charge in [-0.15, -0.1) is 0 Å². The number of halogens is 2. The summed E-state index contributed by atoms with van der Waals surface area (Å²) in [4.78, 5) is 10.8. The molecule has 0 atom stereocenters. The molecule has 0 fully saturated rings. The van der Waals surface area contributed by atoms with E-state index in [1.54, 1.807) is 12.1 Å². The molecule has 104 valence electrons. The molecular weight excluding hydrogens is 329 g/mol. The molecule has 3 N–H and O–H groups in total. The quantitative estimate of drug-likeness (QED) is 0.837. The third kappa shape index (κ3) is 3.27. The Morgan fingerprint density at radius 2 is 2.05 bits per heavy atom. The number of hydrogen-bond acceptors (Lipinski definition) is 3. The number of rotatable bonds is 4. The maximum Gasteiger partial charge on any atom is 0.335 e. The molecule has 0 amide bonds. The number of anilines is 1. The van der Waals surface area contributed by atoms with E-state index in [0.29, 0.717) is 11.3 Å². The van der Waals surface area contributed by atoms with Gasteiger partial charge in [0.1, 0.15) is 18.2 Å².